The summed E-state index contributed by atoms with van der Waals surface area (Å²) in [6, 6.07) is 10.3. The Kier molecular flexibility index (Phi) is 3.79. The number of benzene rings is 1. The van der Waals surface area contributed by atoms with Crippen LogP contribution < -0.4 is 11.1 Å². The highest BCUT2D eigenvalue weighted by Crippen LogP contribution is 2.41. The first-order valence-corrected chi connectivity index (χ1v) is 6.33. The molecule has 17 heavy (non-hydrogen) atoms. The molecule has 92 valence electrons. The minimum Gasteiger partial charge on any atom is -0.347 e. The van der Waals surface area contributed by atoms with Gasteiger partial charge in [0.1, 0.15) is 0 Å². The predicted octanol–water partition coefficient (Wildman–Crippen LogP) is 1.92. The molecule has 0 spiro atoms. The van der Waals surface area contributed by atoms with Gasteiger partial charge in [-0.15, -0.1) is 0 Å². The molecule has 2 rings (SSSR count). The van der Waals surface area contributed by atoms with Crippen LogP contribution in [-0.4, -0.2) is 12.5 Å². The zero-order chi connectivity index (χ0) is 12.1. The first-order valence-electron chi connectivity index (χ1n) is 6.33. The van der Waals surface area contributed by atoms with Gasteiger partial charge in [-0.05, 0) is 37.8 Å². The van der Waals surface area contributed by atoms with Gasteiger partial charge in [0.25, 0.3) is 0 Å². The third kappa shape index (κ3) is 2.67. The second-order valence-corrected chi connectivity index (χ2v) is 4.74. The first kappa shape index (κ1) is 12.1. The van der Waals surface area contributed by atoms with Crippen molar-refractivity contribution in [3.8, 4) is 0 Å². The van der Waals surface area contributed by atoms with E-state index in [-0.39, 0.29) is 11.4 Å². The Hall–Kier alpha value is -1.35. The van der Waals surface area contributed by atoms with Crippen LogP contribution in [0, 0.1) is 0 Å². The second kappa shape index (κ2) is 5.32. The summed E-state index contributed by atoms with van der Waals surface area (Å²) >= 11 is 0. The van der Waals surface area contributed by atoms with Gasteiger partial charge in [-0.3, -0.25) is 4.79 Å². The van der Waals surface area contributed by atoms with Gasteiger partial charge in [0.15, 0.2) is 0 Å². The lowest BCUT2D eigenvalue weighted by Crippen LogP contribution is -2.50. The van der Waals surface area contributed by atoms with E-state index in [1.54, 1.807) is 0 Å². The van der Waals surface area contributed by atoms with Gasteiger partial charge in [0.2, 0.25) is 5.91 Å². The minimum absolute atomic E-state index is 0.104. The zero-order valence-electron chi connectivity index (χ0n) is 10.1. The van der Waals surface area contributed by atoms with Crippen LogP contribution in [0.4, 0.5) is 0 Å². The number of carbonyl (C=O) groups excluding carboxylic acids is 1. The molecular weight excluding hydrogens is 212 g/mol. The Balaban J connectivity index is 2.03. The van der Waals surface area contributed by atoms with Gasteiger partial charge >= 0.3 is 0 Å². The maximum absolute atomic E-state index is 11.8. The molecule has 1 aliphatic carbocycles. The van der Waals surface area contributed by atoms with Crippen molar-refractivity contribution in [1.29, 1.82) is 0 Å². The van der Waals surface area contributed by atoms with E-state index in [0.717, 1.165) is 19.3 Å². The average molecular weight is 232 g/mol. The van der Waals surface area contributed by atoms with Crippen molar-refractivity contribution in [2.45, 2.75) is 37.6 Å². The van der Waals surface area contributed by atoms with Gasteiger partial charge < -0.3 is 11.1 Å². The van der Waals surface area contributed by atoms with E-state index in [4.69, 9.17) is 5.73 Å². The molecule has 3 N–H and O–H groups in total. The summed E-state index contributed by atoms with van der Waals surface area (Å²) in [7, 11) is 0. The van der Waals surface area contributed by atoms with E-state index in [1.165, 1.54) is 12.0 Å². The number of nitrogens with two attached hydrogens (primary N) is 1. The number of amides is 1. The Bertz CT molecular complexity index is 371. The number of carbonyl (C=O) groups is 1. The summed E-state index contributed by atoms with van der Waals surface area (Å²) < 4.78 is 0. The van der Waals surface area contributed by atoms with Crippen LogP contribution in [0.25, 0.3) is 0 Å². The maximum atomic E-state index is 11.8. The van der Waals surface area contributed by atoms with Crippen LogP contribution >= 0.6 is 0 Å². The summed E-state index contributed by atoms with van der Waals surface area (Å²) in [5.41, 5.74) is 6.54. The molecule has 0 saturated heterocycles. The Morgan fingerprint density at radius 3 is 2.53 bits per heavy atom. The van der Waals surface area contributed by atoms with Gasteiger partial charge in [0, 0.05) is 6.42 Å². The van der Waals surface area contributed by atoms with E-state index < -0.39 is 0 Å². The van der Waals surface area contributed by atoms with Crippen molar-refractivity contribution in [2.75, 3.05) is 6.54 Å². The summed E-state index contributed by atoms with van der Waals surface area (Å²) in [5, 5.41) is 3.19. The molecule has 0 aromatic heterocycles. The molecule has 0 radical (unpaired) electrons. The third-order valence-electron chi connectivity index (χ3n) is 3.52. The quantitative estimate of drug-likeness (QED) is 0.815. The Morgan fingerprint density at radius 2 is 2.00 bits per heavy atom. The predicted molar refractivity (Wildman–Crippen MR) is 68.4 cm³/mol. The highest BCUT2D eigenvalue weighted by atomic mass is 16.1. The van der Waals surface area contributed by atoms with E-state index >= 15 is 0 Å². The number of rotatable bonds is 5. The summed E-state index contributed by atoms with van der Waals surface area (Å²) in [6.45, 7) is 0.575. The Labute approximate surface area is 102 Å². The molecule has 0 unspecified atom stereocenters. The average Bonchev–Trinajstić information content (AvgIpc) is 2.32. The van der Waals surface area contributed by atoms with Crippen LogP contribution in [0.15, 0.2) is 30.3 Å². The molecule has 1 saturated carbocycles. The SMILES string of the molecule is NCCCC(=O)NC1(c2ccccc2)CCC1. The first-order chi connectivity index (χ1) is 8.27. The largest absolute Gasteiger partial charge is 0.347 e. The van der Waals surface area contributed by atoms with Crippen molar-refractivity contribution in [3.63, 3.8) is 0 Å². The molecule has 3 nitrogen and oxygen atoms in total. The molecule has 1 fully saturated rings. The van der Waals surface area contributed by atoms with Crippen LogP contribution in [0.5, 0.6) is 0 Å². The van der Waals surface area contributed by atoms with Crippen LogP contribution in [0.2, 0.25) is 0 Å². The fourth-order valence-corrected chi connectivity index (χ4v) is 2.37. The van der Waals surface area contributed by atoms with E-state index in [0.29, 0.717) is 13.0 Å². The monoisotopic (exact) mass is 232 g/mol. The molecule has 0 atom stereocenters. The normalized spacial score (nSPS) is 17.2. The number of hydrogen-bond donors (Lipinski definition) is 2. The highest BCUT2D eigenvalue weighted by molar-refractivity contribution is 5.77. The smallest absolute Gasteiger partial charge is 0.220 e. The number of hydrogen-bond acceptors (Lipinski definition) is 2. The van der Waals surface area contributed by atoms with Crippen LogP contribution in [0.1, 0.15) is 37.7 Å². The van der Waals surface area contributed by atoms with Crippen molar-refractivity contribution < 1.29 is 4.79 Å². The second-order valence-electron chi connectivity index (χ2n) is 4.74. The highest BCUT2D eigenvalue weighted by Gasteiger charge is 2.39. The molecule has 0 aliphatic heterocycles. The standard InChI is InChI=1S/C14H20N2O/c15-11-4-8-13(17)16-14(9-5-10-14)12-6-2-1-3-7-12/h1-3,6-7H,4-5,8-11,15H2,(H,16,17). The molecule has 1 amide bonds. The van der Waals surface area contributed by atoms with Crippen molar-refractivity contribution in [1.82, 2.24) is 5.32 Å². The lowest BCUT2D eigenvalue weighted by Gasteiger charge is -2.43. The molecule has 1 aliphatic rings. The number of nitrogens with one attached hydrogen (secondary N) is 1. The van der Waals surface area contributed by atoms with Gasteiger partial charge in [-0.1, -0.05) is 30.3 Å². The van der Waals surface area contributed by atoms with Crippen molar-refractivity contribution in [2.24, 2.45) is 5.73 Å². The van der Waals surface area contributed by atoms with Crippen LogP contribution in [-0.2, 0) is 10.3 Å². The molecule has 0 heterocycles. The lowest BCUT2D eigenvalue weighted by atomic mass is 9.71. The molecule has 3 heteroatoms. The molecular formula is C14H20N2O. The van der Waals surface area contributed by atoms with Crippen LogP contribution in [0.3, 0.4) is 0 Å². The van der Waals surface area contributed by atoms with Crippen molar-refractivity contribution >= 4 is 5.91 Å². The fourth-order valence-electron chi connectivity index (χ4n) is 2.37. The minimum atomic E-state index is -0.104. The van der Waals surface area contributed by atoms with E-state index in [1.807, 2.05) is 18.2 Å². The molecule has 1 aromatic carbocycles. The summed E-state index contributed by atoms with van der Waals surface area (Å²) in [4.78, 5) is 11.8. The third-order valence-corrected chi connectivity index (χ3v) is 3.52. The van der Waals surface area contributed by atoms with Crippen molar-refractivity contribution in [3.05, 3.63) is 35.9 Å². The maximum Gasteiger partial charge on any atom is 0.220 e. The zero-order valence-corrected chi connectivity index (χ0v) is 10.1. The van der Waals surface area contributed by atoms with Gasteiger partial charge in [0.05, 0.1) is 5.54 Å². The molecule has 0 bridgehead atoms. The van der Waals surface area contributed by atoms with Gasteiger partial charge in [-0.25, -0.2) is 0 Å². The topological polar surface area (TPSA) is 55.1 Å². The summed E-state index contributed by atoms with van der Waals surface area (Å²) in [5.74, 6) is 0.124. The Morgan fingerprint density at radius 1 is 1.29 bits per heavy atom. The van der Waals surface area contributed by atoms with E-state index in [2.05, 4.69) is 17.4 Å². The summed E-state index contributed by atoms with van der Waals surface area (Å²) in [6.07, 6.45) is 4.57. The van der Waals surface area contributed by atoms with E-state index in [9.17, 15) is 4.79 Å². The van der Waals surface area contributed by atoms with Gasteiger partial charge in [-0.2, -0.15) is 0 Å². The lowest BCUT2D eigenvalue weighted by molar-refractivity contribution is -0.124. The molecule has 1 aromatic rings. The fraction of sp³-hybridized carbons (Fsp3) is 0.500.